The lowest BCUT2D eigenvalue weighted by Gasteiger charge is -2.00. The Bertz CT molecular complexity index is 951. The third-order valence-electron chi connectivity index (χ3n) is 3.17. The number of benzene rings is 2. The number of para-hydroxylation sites is 3. The summed E-state index contributed by atoms with van der Waals surface area (Å²) in [6.45, 7) is 0. The van der Waals surface area contributed by atoms with Crippen molar-refractivity contribution >= 4 is 44.4 Å². The highest BCUT2D eigenvalue weighted by Crippen LogP contribution is 2.26. The van der Waals surface area contributed by atoms with Gasteiger partial charge in [0.2, 0.25) is 0 Å². The second-order valence-corrected chi connectivity index (χ2v) is 6.37. The summed E-state index contributed by atoms with van der Waals surface area (Å²) < 4.78 is 8.41. The third kappa shape index (κ3) is 2.26. The molecular weight excluding hydrogens is 304 g/mol. The summed E-state index contributed by atoms with van der Waals surface area (Å²) in [6, 6.07) is 15.4. The molecule has 0 saturated heterocycles. The van der Waals surface area contributed by atoms with Gasteiger partial charge in [-0.15, -0.1) is 0 Å². The van der Waals surface area contributed by atoms with Gasteiger partial charge in [-0.25, -0.2) is 4.98 Å². The molecule has 6 heteroatoms. The number of thioether (sulfide) groups is 1. The highest BCUT2D eigenvalue weighted by molar-refractivity contribution is 7.98. The first-order valence-electron chi connectivity index (χ1n) is 6.38. The Balaban J connectivity index is 1.66. The van der Waals surface area contributed by atoms with Crippen molar-refractivity contribution in [1.29, 1.82) is 0 Å². The van der Waals surface area contributed by atoms with Crippen molar-refractivity contribution in [2.45, 2.75) is 11.1 Å². The molecule has 0 fully saturated rings. The smallest absolute Gasteiger partial charge is 0.308 e. The fourth-order valence-electron chi connectivity index (χ4n) is 2.17. The first-order chi connectivity index (χ1) is 10.3. The van der Waals surface area contributed by atoms with Crippen LogP contribution in [0.1, 0.15) is 0 Å². The number of thiazole rings is 1. The lowest BCUT2D eigenvalue weighted by atomic mass is 10.3. The SMILES string of the molecule is O=c1sc2ccccc2n1CSc1nc2ccccc2o1. The van der Waals surface area contributed by atoms with Crippen LogP contribution in [0.5, 0.6) is 0 Å². The van der Waals surface area contributed by atoms with E-state index in [-0.39, 0.29) is 4.87 Å². The van der Waals surface area contributed by atoms with Crippen LogP contribution in [0, 0.1) is 0 Å². The van der Waals surface area contributed by atoms with E-state index in [1.54, 1.807) is 4.57 Å². The second-order valence-electron chi connectivity index (χ2n) is 4.48. The Morgan fingerprint density at radius 2 is 1.95 bits per heavy atom. The predicted molar refractivity (Wildman–Crippen MR) is 86.0 cm³/mol. The molecule has 0 aliphatic carbocycles. The zero-order valence-electron chi connectivity index (χ0n) is 10.9. The van der Waals surface area contributed by atoms with Crippen LogP contribution >= 0.6 is 23.1 Å². The largest absolute Gasteiger partial charge is 0.431 e. The quantitative estimate of drug-likeness (QED) is 0.537. The molecule has 0 unspecified atom stereocenters. The van der Waals surface area contributed by atoms with Crippen LogP contribution in [0.15, 0.2) is 63.0 Å². The molecule has 4 nitrogen and oxygen atoms in total. The molecule has 104 valence electrons. The molecular formula is C15H10N2O2S2. The van der Waals surface area contributed by atoms with Gasteiger partial charge in [0, 0.05) is 0 Å². The van der Waals surface area contributed by atoms with E-state index >= 15 is 0 Å². The van der Waals surface area contributed by atoms with Crippen LogP contribution in [-0.2, 0) is 5.88 Å². The molecule has 0 atom stereocenters. The predicted octanol–water partition coefficient (Wildman–Crippen LogP) is 3.95. The number of oxazole rings is 1. The van der Waals surface area contributed by atoms with Crippen LogP contribution in [0.3, 0.4) is 0 Å². The molecule has 0 bridgehead atoms. The van der Waals surface area contributed by atoms with E-state index in [1.165, 1.54) is 23.1 Å². The number of aromatic nitrogens is 2. The number of hydrogen-bond acceptors (Lipinski definition) is 5. The van der Waals surface area contributed by atoms with Gasteiger partial charge in [0.25, 0.3) is 5.22 Å². The molecule has 4 aromatic rings. The molecule has 0 N–H and O–H groups in total. The lowest BCUT2D eigenvalue weighted by Crippen LogP contribution is -2.10. The second kappa shape index (κ2) is 5.05. The van der Waals surface area contributed by atoms with Gasteiger partial charge in [0.1, 0.15) is 5.52 Å². The summed E-state index contributed by atoms with van der Waals surface area (Å²) in [5.41, 5.74) is 2.56. The lowest BCUT2D eigenvalue weighted by molar-refractivity contribution is 0.488. The van der Waals surface area contributed by atoms with E-state index in [0.29, 0.717) is 11.1 Å². The van der Waals surface area contributed by atoms with Crippen LogP contribution < -0.4 is 4.87 Å². The molecule has 21 heavy (non-hydrogen) atoms. The molecule has 2 aromatic heterocycles. The summed E-state index contributed by atoms with van der Waals surface area (Å²) in [4.78, 5) is 16.5. The molecule has 0 amide bonds. The van der Waals surface area contributed by atoms with Gasteiger partial charge in [0.05, 0.1) is 16.1 Å². The Labute approximate surface area is 128 Å². The topological polar surface area (TPSA) is 48.0 Å². The van der Waals surface area contributed by atoms with Crippen LogP contribution in [0.25, 0.3) is 21.3 Å². The van der Waals surface area contributed by atoms with Crippen molar-refractivity contribution in [1.82, 2.24) is 9.55 Å². The zero-order valence-corrected chi connectivity index (χ0v) is 12.5. The van der Waals surface area contributed by atoms with Crippen LogP contribution in [-0.4, -0.2) is 9.55 Å². The van der Waals surface area contributed by atoms with Crippen molar-refractivity contribution in [2.24, 2.45) is 0 Å². The van der Waals surface area contributed by atoms with Gasteiger partial charge in [-0.1, -0.05) is 35.6 Å². The monoisotopic (exact) mass is 314 g/mol. The molecule has 0 spiro atoms. The van der Waals surface area contributed by atoms with Crippen molar-refractivity contribution in [3.63, 3.8) is 0 Å². The Morgan fingerprint density at radius 3 is 2.86 bits per heavy atom. The summed E-state index contributed by atoms with van der Waals surface area (Å²) in [7, 11) is 0. The maximum atomic E-state index is 12.0. The molecule has 4 rings (SSSR count). The number of hydrogen-bond donors (Lipinski definition) is 0. The van der Waals surface area contributed by atoms with E-state index in [0.717, 1.165) is 21.3 Å². The summed E-state index contributed by atoms with van der Waals surface area (Å²) in [5, 5.41) is 0.582. The molecule has 0 aliphatic rings. The standard InChI is InChI=1S/C15H10N2O2S2/c18-15-17(11-6-2-4-8-13(11)21-15)9-20-14-16-10-5-1-3-7-12(10)19-14/h1-8H,9H2. The highest BCUT2D eigenvalue weighted by atomic mass is 32.2. The fraction of sp³-hybridized carbons (Fsp3) is 0.0667. The first-order valence-corrected chi connectivity index (χ1v) is 8.18. The Morgan fingerprint density at radius 1 is 1.14 bits per heavy atom. The summed E-state index contributed by atoms with van der Waals surface area (Å²) in [5.74, 6) is 0.496. The van der Waals surface area contributed by atoms with E-state index in [4.69, 9.17) is 4.42 Å². The number of fused-ring (bicyclic) bond motifs is 2. The zero-order chi connectivity index (χ0) is 14.2. The van der Waals surface area contributed by atoms with Crippen molar-refractivity contribution in [2.75, 3.05) is 0 Å². The minimum Gasteiger partial charge on any atom is -0.431 e. The van der Waals surface area contributed by atoms with Crippen LogP contribution in [0.4, 0.5) is 0 Å². The van der Waals surface area contributed by atoms with Gasteiger partial charge in [-0.2, -0.15) is 0 Å². The first kappa shape index (κ1) is 12.7. The van der Waals surface area contributed by atoms with Crippen LogP contribution in [0.2, 0.25) is 0 Å². The van der Waals surface area contributed by atoms with Crippen molar-refractivity contribution in [3.8, 4) is 0 Å². The van der Waals surface area contributed by atoms with Crippen molar-refractivity contribution < 1.29 is 4.42 Å². The van der Waals surface area contributed by atoms with Crippen molar-refractivity contribution in [3.05, 3.63) is 58.2 Å². The Hall–Kier alpha value is -2.05. The number of rotatable bonds is 3. The maximum Gasteiger partial charge on any atom is 0.308 e. The van der Waals surface area contributed by atoms with Gasteiger partial charge in [-0.3, -0.25) is 9.36 Å². The van der Waals surface area contributed by atoms with E-state index < -0.39 is 0 Å². The molecule has 2 aromatic carbocycles. The molecule has 0 radical (unpaired) electrons. The minimum absolute atomic E-state index is 0.0415. The molecule has 2 heterocycles. The Kier molecular flexibility index (Phi) is 3.05. The summed E-state index contributed by atoms with van der Waals surface area (Å²) in [6.07, 6.45) is 0. The van der Waals surface area contributed by atoms with Gasteiger partial charge in [-0.05, 0) is 36.0 Å². The van der Waals surface area contributed by atoms with E-state index in [1.807, 2.05) is 48.5 Å². The van der Waals surface area contributed by atoms with E-state index in [9.17, 15) is 4.79 Å². The minimum atomic E-state index is 0.0415. The number of nitrogens with zero attached hydrogens (tertiary/aromatic N) is 2. The third-order valence-corrected chi connectivity index (χ3v) is 4.93. The average Bonchev–Trinajstić information content (AvgIpc) is 3.04. The van der Waals surface area contributed by atoms with E-state index in [2.05, 4.69) is 4.98 Å². The summed E-state index contributed by atoms with van der Waals surface area (Å²) >= 11 is 2.69. The molecule has 0 aliphatic heterocycles. The van der Waals surface area contributed by atoms with Gasteiger partial charge < -0.3 is 4.42 Å². The van der Waals surface area contributed by atoms with Gasteiger partial charge >= 0.3 is 4.87 Å². The average molecular weight is 314 g/mol. The fourth-order valence-corrected chi connectivity index (χ4v) is 3.95. The molecule has 0 saturated carbocycles. The highest BCUT2D eigenvalue weighted by Gasteiger charge is 2.10. The maximum absolute atomic E-state index is 12.0. The normalized spacial score (nSPS) is 11.4. The van der Waals surface area contributed by atoms with Gasteiger partial charge in [0.15, 0.2) is 5.58 Å².